The molecule has 0 radical (unpaired) electrons. The maximum atomic E-state index is 11.6. The molecule has 0 fully saturated rings. The van der Waals surface area contributed by atoms with E-state index in [1.165, 1.54) is 0 Å². The van der Waals surface area contributed by atoms with Crippen molar-refractivity contribution in [2.75, 3.05) is 25.0 Å². The van der Waals surface area contributed by atoms with Crippen molar-refractivity contribution in [3.8, 4) is 0 Å². The van der Waals surface area contributed by atoms with Crippen LogP contribution in [0.15, 0.2) is 28.7 Å². The molecule has 1 aromatic rings. The van der Waals surface area contributed by atoms with Crippen LogP contribution in [-0.2, 0) is 4.79 Å². The third kappa shape index (κ3) is 7.97. The molecule has 0 saturated heterocycles. The van der Waals surface area contributed by atoms with Gasteiger partial charge in [-0.1, -0.05) is 34.8 Å². The summed E-state index contributed by atoms with van der Waals surface area (Å²) < 4.78 is 0.946. The highest BCUT2D eigenvalue weighted by Crippen LogP contribution is 2.15. The molecule has 19 heavy (non-hydrogen) atoms. The number of amides is 1. The van der Waals surface area contributed by atoms with E-state index in [2.05, 4.69) is 26.6 Å². The lowest BCUT2D eigenvalue weighted by Gasteiger charge is -2.07. The minimum Gasteiger partial charge on any atom is -0.396 e. The number of rotatable bonds is 9. The second kappa shape index (κ2) is 9.95. The van der Waals surface area contributed by atoms with Gasteiger partial charge in [0.05, 0.1) is 6.54 Å². The average molecular weight is 329 g/mol. The Morgan fingerprint density at radius 3 is 2.74 bits per heavy atom. The Morgan fingerprint density at radius 2 is 2.00 bits per heavy atom. The van der Waals surface area contributed by atoms with Gasteiger partial charge < -0.3 is 15.7 Å². The van der Waals surface area contributed by atoms with E-state index in [4.69, 9.17) is 5.11 Å². The van der Waals surface area contributed by atoms with E-state index in [1.807, 2.05) is 24.3 Å². The summed E-state index contributed by atoms with van der Waals surface area (Å²) in [5.74, 6) is -0.0338. The Hall–Kier alpha value is -0.910. The van der Waals surface area contributed by atoms with E-state index >= 15 is 0 Å². The van der Waals surface area contributed by atoms with Gasteiger partial charge in [0.15, 0.2) is 0 Å². The monoisotopic (exact) mass is 328 g/mol. The van der Waals surface area contributed by atoms with Crippen LogP contribution in [0.1, 0.15) is 25.7 Å². The first kappa shape index (κ1) is 16.1. The molecule has 4 nitrogen and oxygen atoms in total. The molecule has 106 valence electrons. The Bertz CT molecular complexity index is 385. The van der Waals surface area contributed by atoms with E-state index in [0.29, 0.717) is 6.54 Å². The van der Waals surface area contributed by atoms with E-state index < -0.39 is 0 Å². The van der Waals surface area contributed by atoms with Crippen molar-refractivity contribution in [3.05, 3.63) is 28.7 Å². The van der Waals surface area contributed by atoms with Crippen molar-refractivity contribution in [1.29, 1.82) is 0 Å². The van der Waals surface area contributed by atoms with E-state index in [0.717, 1.165) is 42.4 Å². The predicted octanol–water partition coefficient (Wildman–Crippen LogP) is 2.53. The van der Waals surface area contributed by atoms with Crippen LogP contribution < -0.4 is 10.6 Å². The molecule has 1 rings (SSSR count). The van der Waals surface area contributed by atoms with Gasteiger partial charge in [-0.25, -0.2) is 0 Å². The molecular weight excluding hydrogens is 308 g/mol. The minimum absolute atomic E-state index is 0.0338. The Balaban J connectivity index is 2.08. The number of aliphatic hydroxyl groups excluding tert-OH is 1. The highest BCUT2D eigenvalue weighted by molar-refractivity contribution is 9.10. The molecule has 0 spiro atoms. The number of carbonyl (C=O) groups is 1. The van der Waals surface area contributed by atoms with Crippen molar-refractivity contribution < 1.29 is 9.90 Å². The average Bonchev–Trinajstić information content (AvgIpc) is 2.37. The predicted molar refractivity (Wildman–Crippen MR) is 81.2 cm³/mol. The normalized spacial score (nSPS) is 10.4. The third-order valence-electron chi connectivity index (χ3n) is 2.66. The quantitative estimate of drug-likeness (QED) is 0.610. The molecule has 0 unspecified atom stereocenters. The van der Waals surface area contributed by atoms with Crippen molar-refractivity contribution in [3.63, 3.8) is 0 Å². The summed E-state index contributed by atoms with van der Waals surface area (Å²) in [6, 6.07) is 7.53. The van der Waals surface area contributed by atoms with Gasteiger partial charge in [-0.3, -0.25) is 4.79 Å². The van der Waals surface area contributed by atoms with Gasteiger partial charge in [0, 0.05) is 16.8 Å². The van der Waals surface area contributed by atoms with Crippen LogP contribution in [0.3, 0.4) is 0 Å². The van der Waals surface area contributed by atoms with Gasteiger partial charge in [0.1, 0.15) is 0 Å². The van der Waals surface area contributed by atoms with Crippen LogP contribution in [0.2, 0.25) is 0 Å². The zero-order valence-corrected chi connectivity index (χ0v) is 12.6. The number of anilines is 1. The lowest BCUT2D eigenvalue weighted by molar-refractivity contribution is -0.115. The number of hydrogen-bond acceptors (Lipinski definition) is 3. The Kier molecular flexibility index (Phi) is 8.45. The first-order chi connectivity index (χ1) is 9.22. The second-order valence-electron chi connectivity index (χ2n) is 4.37. The van der Waals surface area contributed by atoms with Crippen LogP contribution >= 0.6 is 15.9 Å². The maximum absolute atomic E-state index is 11.6. The van der Waals surface area contributed by atoms with Gasteiger partial charge in [-0.05, 0) is 37.6 Å². The summed E-state index contributed by atoms with van der Waals surface area (Å²) in [7, 11) is 0. The molecule has 1 amide bonds. The van der Waals surface area contributed by atoms with Gasteiger partial charge in [-0.2, -0.15) is 0 Å². The fourth-order valence-electron chi connectivity index (χ4n) is 1.69. The van der Waals surface area contributed by atoms with Crippen LogP contribution in [0.5, 0.6) is 0 Å². The third-order valence-corrected chi connectivity index (χ3v) is 3.15. The molecule has 0 bridgehead atoms. The van der Waals surface area contributed by atoms with Crippen molar-refractivity contribution in [2.45, 2.75) is 25.7 Å². The standard InChI is InChI=1S/C14H21BrN2O2/c15-12-6-5-7-13(10-12)17-14(19)11-16-8-3-1-2-4-9-18/h5-7,10,16,18H,1-4,8-9,11H2,(H,17,19). The number of unbranched alkanes of at least 4 members (excludes halogenated alkanes) is 3. The lowest BCUT2D eigenvalue weighted by atomic mass is 10.2. The van der Waals surface area contributed by atoms with Crippen LogP contribution in [0.25, 0.3) is 0 Å². The topological polar surface area (TPSA) is 61.4 Å². The molecule has 0 atom stereocenters. The lowest BCUT2D eigenvalue weighted by Crippen LogP contribution is -2.28. The van der Waals surface area contributed by atoms with Gasteiger partial charge >= 0.3 is 0 Å². The van der Waals surface area contributed by atoms with Crippen molar-refractivity contribution in [1.82, 2.24) is 5.32 Å². The van der Waals surface area contributed by atoms with Crippen LogP contribution in [0, 0.1) is 0 Å². The van der Waals surface area contributed by atoms with Crippen molar-refractivity contribution >= 4 is 27.5 Å². The largest absolute Gasteiger partial charge is 0.396 e. The fourth-order valence-corrected chi connectivity index (χ4v) is 2.09. The summed E-state index contributed by atoms with van der Waals surface area (Å²) in [6.07, 6.45) is 4.02. The molecule has 0 heterocycles. The zero-order valence-electron chi connectivity index (χ0n) is 11.0. The molecule has 0 aliphatic rings. The van der Waals surface area contributed by atoms with Gasteiger partial charge in [0.25, 0.3) is 0 Å². The van der Waals surface area contributed by atoms with Crippen LogP contribution in [0.4, 0.5) is 5.69 Å². The highest BCUT2D eigenvalue weighted by atomic mass is 79.9. The zero-order chi connectivity index (χ0) is 13.9. The van der Waals surface area contributed by atoms with E-state index in [-0.39, 0.29) is 12.5 Å². The molecule has 1 aromatic carbocycles. The summed E-state index contributed by atoms with van der Waals surface area (Å²) in [4.78, 5) is 11.6. The summed E-state index contributed by atoms with van der Waals surface area (Å²) in [5, 5.41) is 14.6. The molecule has 0 saturated carbocycles. The summed E-state index contributed by atoms with van der Waals surface area (Å²) in [5.41, 5.74) is 0.795. The highest BCUT2D eigenvalue weighted by Gasteiger charge is 2.01. The van der Waals surface area contributed by atoms with Crippen molar-refractivity contribution in [2.24, 2.45) is 0 Å². The molecule has 5 heteroatoms. The number of hydrogen-bond donors (Lipinski definition) is 3. The summed E-state index contributed by atoms with van der Waals surface area (Å²) in [6.45, 7) is 1.42. The van der Waals surface area contributed by atoms with Crippen LogP contribution in [-0.4, -0.2) is 30.7 Å². The Labute approximate surface area is 122 Å². The van der Waals surface area contributed by atoms with Gasteiger partial charge in [0.2, 0.25) is 5.91 Å². The summed E-state index contributed by atoms with van der Waals surface area (Å²) >= 11 is 3.36. The second-order valence-corrected chi connectivity index (χ2v) is 5.29. The number of halogens is 1. The van der Waals surface area contributed by atoms with Gasteiger partial charge in [-0.15, -0.1) is 0 Å². The van der Waals surface area contributed by atoms with E-state index in [9.17, 15) is 4.79 Å². The number of nitrogens with one attached hydrogen (secondary N) is 2. The fraction of sp³-hybridized carbons (Fsp3) is 0.500. The number of carbonyl (C=O) groups excluding carboxylic acids is 1. The number of aliphatic hydroxyl groups is 1. The van der Waals surface area contributed by atoms with E-state index in [1.54, 1.807) is 0 Å². The smallest absolute Gasteiger partial charge is 0.238 e. The first-order valence-corrected chi connectivity index (χ1v) is 7.38. The molecule has 0 aromatic heterocycles. The molecule has 0 aliphatic heterocycles. The molecule has 3 N–H and O–H groups in total. The molecular formula is C14H21BrN2O2. The SMILES string of the molecule is O=C(CNCCCCCCO)Nc1cccc(Br)c1. The Morgan fingerprint density at radius 1 is 1.21 bits per heavy atom. The minimum atomic E-state index is -0.0338. The number of benzene rings is 1. The first-order valence-electron chi connectivity index (χ1n) is 6.59. The maximum Gasteiger partial charge on any atom is 0.238 e. The molecule has 0 aliphatic carbocycles.